The molecule has 3 heterocycles. The maximum absolute atomic E-state index is 12.7. The average Bonchev–Trinajstić information content (AvgIpc) is 3.10. The van der Waals surface area contributed by atoms with Gasteiger partial charge in [-0.1, -0.05) is 30.3 Å². The summed E-state index contributed by atoms with van der Waals surface area (Å²) in [4.78, 5) is 26.0. The van der Waals surface area contributed by atoms with Gasteiger partial charge in [0.05, 0.1) is 5.69 Å². The molecule has 2 aliphatic heterocycles. The number of rotatable bonds is 3. The first-order chi connectivity index (χ1) is 12.6. The number of carbonyl (C=O) groups excluding carboxylic acids is 2. The monoisotopic (exact) mass is 352 g/mol. The zero-order valence-electron chi connectivity index (χ0n) is 15.1. The van der Waals surface area contributed by atoms with Crippen molar-refractivity contribution in [1.82, 2.24) is 20.0 Å². The molecule has 1 aromatic carbocycles. The molecule has 0 bridgehead atoms. The Bertz CT molecular complexity index is 828. The predicted molar refractivity (Wildman–Crippen MR) is 98.4 cm³/mol. The molecule has 2 aliphatic rings. The summed E-state index contributed by atoms with van der Waals surface area (Å²) in [5.74, 6) is 0.198. The molecule has 1 fully saturated rings. The second kappa shape index (κ2) is 6.94. The van der Waals surface area contributed by atoms with Gasteiger partial charge in [0.25, 0.3) is 0 Å². The van der Waals surface area contributed by atoms with E-state index in [2.05, 4.69) is 17.4 Å². The van der Waals surface area contributed by atoms with Crippen LogP contribution in [0, 0.1) is 0 Å². The number of aromatic nitrogens is 2. The van der Waals surface area contributed by atoms with E-state index in [4.69, 9.17) is 5.10 Å². The molecular formula is C20H24N4O2. The van der Waals surface area contributed by atoms with Crippen molar-refractivity contribution < 1.29 is 9.59 Å². The van der Waals surface area contributed by atoms with Crippen molar-refractivity contribution in [2.24, 2.45) is 7.05 Å². The Morgan fingerprint density at radius 1 is 1.19 bits per heavy atom. The van der Waals surface area contributed by atoms with E-state index in [1.165, 1.54) is 11.3 Å². The zero-order valence-corrected chi connectivity index (χ0v) is 15.1. The first-order valence-electron chi connectivity index (χ1n) is 9.29. The van der Waals surface area contributed by atoms with Gasteiger partial charge in [-0.2, -0.15) is 5.10 Å². The first-order valence-corrected chi connectivity index (χ1v) is 9.29. The van der Waals surface area contributed by atoms with Gasteiger partial charge in [0.15, 0.2) is 0 Å². The predicted octanol–water partition coefficient (Wildman–Crippen LogP) is 1.68. The van der Waals surface area contributed by atoms with Crippen molar-refractivity contribution in [3.63, 3.8) is 0 Å². The van der Waals surface area contributed by atoms with Gasteiger partial charge in [-0.05, 0) is 12.8 Å². The molecule has 6 heteroatoms. The van der Waals surface area contributed by atoms with Crippen molar-refractivity contribution in [3.05, 3.63) is 41.6 Å². The number of amides is 2. The Balaban J connectivity index is 1.49. The summed E-state index contributed by atoms with van der Waals surface area (Å²) in [7, 11) is 1.98. The first kappa shape index (κ1) is 16.8. The van der Waals surface area contributed by atoms with Crippen molar-refractivity contribution in [3.8, 4) is 11.3 Å². The number of hydrogen-bond donors (Lipinski definition) is 1. The van der Waals surface area contributed by atoms with E-state index < -0.39 is 0 Å². The Kier molecular flexibility index (Phi) is 4.49. The van der Waals surface area contributed by atoms with Crippen molar-refractivity contribution >= 4 is 11.8 Å². The highest BCUT2D eigenvalue weighted by atomic mass is 16.2. The molecule has 0 spiro atoms. The third-order valence-corrected chi connectivity index (χ3v) is 5.43. The van der Waals surface area contributed by atoms with Crippen molar-refractivity contribution in [2.45, 2.75) is 38.1 Å². The molecular weight excluding hydrogens is 328 g/mol. The molecule has 1 N–H and O–H groups in total. The SMILES string of the molecule is Cn1nc(-c2ccccc2)c2c1CCN(C(=O)C[C@@H]1CCC(=O)N1)CC2. The molecule has 0 unspecified atom stereocenters. The van der Waals surface area contributed by atoms with Gasteiger partial charge >= 0.3 is 0 Å². The Labute approximate surface area is 153 Å². The molecule has 1 saturated heterocycles. The third-order valence-electron chi connectivity index (χ3n) is 5.43. The van der Waals surface area contributed by atoms with E-state index in [9.17, 15) is 9.59 Å². The van der Waals surface area contributed by atoms with Crippen LogP contribution in [0.25, 0.3) is 11.3 Å². The van der Waals surface area contributed by atoms with E-state index in [-0.39, 0.29) is 17.9 Å². The molecule has 1 aromatic heterocycles. The molecule has 2 aromatic rings. The zero-order chi connectivity index (χ0) is 18.1. The molecule has 4 rings (SSSR count). The molecule has 136 valence electrons. The highest BCUT2D eigenvalue weighted by Gasteiger charge is 2.28. The highest BCUT2D eigenvalue weighted by Crippen LogP contribution is 2.28. The van der Waals surface area contributed by atoms with E-state index >= 15 is 0 Å². The minimum Gasteiger partial charge on any atom is -0.353 e. The molecule has 0 aliphatic carbocycles. The average molecular weight is 352 g/mol. The van der Waals surface area contributed by atoms with Gasteiger partial charge in [0.1, 0.15) is 0 Å². The van der Waals surface area contributed by atoms with E-state index in [1.807, 2.05) is 34.8 Å². The van der Waals surface area contributed by atoms with Crippen LogP contribution in [0.3, 0.4) is 0 Å². The lowest BCUT2D eigenvalue weighted by atomic mass is 10.0. The molecule has 6 nitrogen and oxygen atoms in total. The quantitative estimate of drug-likeness (QED) is 0.914. The van der Waals surface area contributed by atoms with Crippen LogP contribution in [0.5, 0.6) is 0 Å². The summed E-state index contributed by atoms with van der Waals surface area (Å²) in [6.45, 7) is 1.41. The summed E-state index contributed by atoms with van der Waals surface area (Å²) in [5, 5.41) is 7.62. The summed E-state index contributed by atoms with van der Waals surface area (Å²) < 4.78 is 1.96. The van der Waals surface area contributed by atoms with Gasteiger partial charge in [0, 0.05) is 62.3 Å². The number of hydrogen-bond acceptors (Lipinski definition) is 3. The number of fused-ring (bicyclic) bond motifs is 1. The molecule has 1 atom stereocenters. The van der Waals surface area contributed by atoms with Gasteiger partial charge in [-0.3, -0.25) is 14.3 Å². The number of benzene rings is 1. The maximum Gasteiger partial charge on any atom is 0.224 e. The molecule has 2 amide bonds. The van der Waals surface area contributed by atoms with Crippen LogP contribution < -0.4 is 5.32 Å². The standard InChI is InChI=1S/C20H24N4O2/c1-23-17-10-12-24(19(26)13-15-7-8-18(25)21-15)11-9-16(17)20(22-23)14-5-3-2-4-6-14/h2-6,15H,7-13H2,1H3,(H,21,25)/t15-/m0/s1. The highest BCUT2D eigenvalue weighted by molar-refractivity contribution is 5.82. The molecule has 0 radical (unpaired) electrons. The minimum absolute atomic E-state index is 0.00201. The fourth-order valence-electron chi connectivity index (χ4n) is 4.03. The van der Waals surface area contributed by atoms with E-state index in [0.717, 1.165) is 30.5 Å². The molecule has 0 saturated carbocycles. The Hall–Kier alpha value is -2.63. The summed E-state index contributed by atoms with van der Waals surface area (Å²) >= 11 is 0. The van der Waals surface area contributed by atoms with E-state index in [1.54, 1.807) is 0 Å². The lowest BCUT2D eigenvalue weighted by molar-refractivity contribution is -0.131. The topological polar surface area (TPSA) is 67.2 Å². The van der Waals surface area contributed by atoms with Crippen LogP contribution in [0.15, 0.2) is 30.3 Å². The number of nitrogens with one attached hydrogen (secondary N) is 1. The van der Waals surface area contributed by atoms with E-state index in [0.29, 0.717) is 25.9 Å². The number of carbonyl (C=O) groups is 2. The number of nitrogens with zero attached hydrogens (tertiary/aromatic N) is 3. The van der Waals surface area contributed by atoms with Crippen LogP contribution >= 0.6 is 0 Å². The normalized spacial score (nSPS) is 19.8. The maximum atomic E-state index is 12.7. The lowest BCUT2D eigenvalue weighted by Gasteiger charge is -2.22. The number of aryl methyl sites for hydroxylation is 1. The Morgan fingerprint density at radius 2 is 1.96 bits per heavy atom. The smallest absolute Gasteiger partial charge is 0.224 e. The van der Waals surface area contributed by atoms with Crippen LogP contribution in [0.4, 0.5) is 0 Å². The molecule has 26 heavy (non-hydrogen) atoms. The Morgan fingerprint density at radius 3 is 2.69 bits per heavy atom. The van der Waals surface area contributed by atoms with Gasteiger partial charge in [-0.25, -0.2) is 0 Å². The third kappa shape index (κ3) is 3.23. The largest absolute Gasteiger partial charge is 0.353 e. The van der Waals surface area contributed by atoms with Crippen LogP contribution in [0.1, 0.15) is 30.5 Å². The fraction of sp³-hybridized carbons (Fsp3) is 0.450. The van der Waals surface area contributed by atoms with Crippen LogP contribution in [0.2, 0.25) is 0 Å². The summed E-state index contributed by atoms with van der Waals surface area (Å²) in [6, 6.07) is 10.2. The second-order valence-corrected chi connectivity index (χ2v) is 7.15. The minimum atomic E-state index is 0.00201. The van der Waals surface area contributed by atoms with Gasteiger partial charge in [-0.15, -0.1) is 0 Å². The summed E-state index contributed by atoms with van der Waals surface area (Å²) in [6.07, 6.45) is 3.34. The second-order valence-electron chi connectivity index (χ2n) is 7.15. The summed E-state index contributed by atoms with van der Waals surface area (Å²) in [5.41, 5.74) is 4.62. The van der Waals surface area contributed by atoms with Gasteiger partial charge < -0.3 is 10.2 Å². The van der Waals surface area contributed by atoms with Crippen molar-refractivity contribution in [1.29, 1.82) is 0 Å². The van der Waals surface area contributed by atoms with Crippen LogP contribution in [-0.4, -0.2) is 45.6 Å². The lowest BCUT2D eigenvalue weighted by Crippen LogP contribution is -2.38. The van der Waals surface area contributed by atoms with Crippen LogP contribution in [-0.2, 0) is 29.5 Å². The fourth-order valence-corrected chi connectivity index (χ4v) is 4.03. The van der Waals surface area contributed by atoms with Gasteiger partial charge in [0.2, 0.25) is 11.8 Å². The van der Waals surface area contributed by atoms with Crippen molar-refractivity contribution in [2.75, 3.05) is 13.1 Å².